The van der Waals surface area contributed by atoms with Crippen molar-refractivity contribution in [2.75, 3.05) is 47.0 Å². The average Bonchev–Trinajstić information content (AvgIpc) is 3.46. The van der Waals surface area contributed by atoms with Crippen LogP contribution in [0.2, 0.25) is 0 Å². The molecule has 2 aromatic rings. The number of ether oxygens (including phenoxy) is 2. The smallest absolute Gasteiger partial charge is 0.230 e. The normalized spacial score (nSPS) is 24.1. The Morgan fingerprint density at radius 1 is 1.29 bits per heavy atom. The molecule has 0 unspecified atom stereocenters. The van der Waals surface area contributed by atoms with Crippen LogP contribution in [0.1, 0.15) is 43.5 Å². The lowest BCUT2D eigenvalue weighted by molar-refractivity contribution is -0.136. The standard InChI is InChI=1S/C24H34N4O3/c1-18(2)28-15-22(25-17-28)21-14-26(13-19-6-5-7-20(12-19)31-4)16-24(21)8-9-27(23(24)29)10-11-30-3/h5-7,12,15,17-18,21H,8-11,13-14,16H2,1-4H3/t21-,24+/m0/s1. The maximum atomic E-state index is 13.6. The lowest BCUT2D eigenvalue weighted by atomic mass is 9.75. The predicted octanol–water partition coefficient (Wildman–Crippen LogP) is 2.94. The predicted molar refractivity (Wildman–Crippen MR) is 119 cm³/mol. The van der Waals surface area contributed by atoms with Gasteiger partial charge in [-0.05, 0) is 38.0 Å². The van der Waals surface area contributed by atoms with E-state index in [0.717, 1.165) is 44.0 Å². The van der Waals surface area contributed by atoms with E-state index >= 15 is 0 Å². The van der Waals surface area contributed by atoms with Crippen LogP contribution in [0.25, 0.3) is 0 Å². The van der Waals surface area contributed by atoms with E-state index in [0.29, 0.717) is 19.2 Å². The molecule has 1 aromatic carbocycles. The summed E-state index contributed by atoms with van der Waals surface area (Å²) in [6, 6.07) is 8.54. The number of nitrogens with zero attached hydrogens (tertiary/aromatic N) is 4. The molecule has 2 atom stereocenters. The van der Waals surface area contributed by atoms with Crippen molar-refractivity contribution in [2.45, 2.75) is 38.8 Å². The zero-order chi connectivity index (χ0) is 22.0. The fraction of sp³-hybridized carbons (Fsp3) is 0.583. The molecule has 1 spiro atoms. The number of hydrogen-bond acceptors (Lipinski definition) is 5. The number of methoxy groups -OCH3 is 2. The van der Waals surface area contributed by atoms with Crippen molar-refractivity contribution in [3.05, 3.63) is 48.0 Å². The quantitative estimate of drug-likeness (QED) is 0.650. The van der Waals surface area contributed by atoms with Crippen molar-refractivity contribution >= 4 is 5.91 Å². The Morgan fingerprint density at radius 3 is 2.84 bits per heavy atom. The number of carbonyl (C=O) groups is 1. The maximum absolute atomic E-state index is 13.6. The minimum Gasteiger partial charge on any atom is -0.497 e. The molecule has 0 radical (unpaired) electrons. The first kappa shape index (κ1) is 21.8. The second-order valence-electron chi connectivity index (χ2n) is 9.10. The van der Waals surface area contributed by atoms with Crippen LogP contribution >= 0.6 is 0 Å². The fourth-order valence-corrected chi connectivity index (χ4v) is 5.09. The number of likely N-dealkylation sites (tertiary alicyclic amines) is 2. The van der Waals surface area contributed by atoms with Crippen LogP contribution in [0.15, 0.2) is 36.8 Å². The summed E-state index contributed by atoms with van der Waals surface area (Å²) < 4.78 is 12.8. The van der Waals surface area contributed by atoms with Gasteiger partial charge in [-0.25, -0.2) is 4.98 Å². The minimum atomic E-state index is -0.414. The first-order valence-electron chi connectivity index (χ1n) is 11.1. The summed E-state index contributed by atoms with van der Waals surface area (Å²) in [5.41, 5.74) is 1.82. The zero-order valence-electron chi connectivity index (χ0n) is 19.1. The van der Waals surface area contributed by atoms with Crippen LogP contribution in [0, 0.1) is 5.41 Å². The topological polar surface area (TPSA) is 59.8 Å². The van der Waals surface area contributed by atoms with E-state index in [9.17, 15) is 4.79 Å². The number of hydrogen-bond donors (Lipinski definition) is 0. The molecule has 31 heavy (non-hydrogen) atoms. The molecule has 2 aliphatic heterocycles. The highest BCUT2D eigenvalue weighted by molar-refractivity contribution is 5.86. The first-order chi connectivity index (χ1) is 15.0. The molecule has 3 heterocycles. The zero-order valence-corrected chi connectivity index (χ0v) is 19.1. The third-order valence-electron chi connectivity index (χ3n) is 6.83. The molecule has 0 bridgehead atoms. The second-order valence-corrected chi connectivity index (χ2v) is 9.10. The van der Waals surface area contributed by atoms with E-state index in [4.69, 9.17) is 14.5 Å². The summed E-state index contributed by atoms with van der Waals surface area (Å²) in [5.74, 6) is 1.21. The highest BCUT2D eigenvalue weighted by Crippen LogP contribution is 2.49. The maximum Gasteiger partial charge on any atom is 0.230 e. The molecule has 1 aromatic heterocycles. The monoisotopic (exact) mass is 426 g/mol. The molecule has 2 fully saturated rings. The van der Waals surface area contributed by atoms with E-state index in [1.165, 1.54) is 5.56 Å². The Hall–Kier alpha value is -2.38. The fourth-order valence-electron chi connectivity index (χ4n) is 5.09. The summed E-state index contributed by atoms with van der Waals surface area (Å²) in [7, 11) is 3.37. The minimum absolute atomic E-state index is 0.0955. The van der Waals surface area contributed by atoms with Gasteiger partial charge in [0.1, 0.15) is 5.75 Å². The first-order valence-corrected chi connectivity index (χ1v) is 11.1. The number of aromatic nitrogens is 2. The summed E-state index contributed by atoms with van der Waals surface area (Å²) in [4.78, 5) is 22.8. The number of rotatable bonds is 8. The van der Waals surface area contributed by atoms with E-state index in [1.807, 2.05) is 23.4 Å². The Labute approximate surface area is 184 Å². The SMILES string of the molecule is COCCN1CC[C@]2(CN(Cc3cccc(OC)c3)C[C@H]2c2cn(C(C)C)cn2)C1=O. The number of benzene rings is 1. The third-order valence-corrected chi connectivity index (χ3v) is 6.83. The molecular weight excluding hydrogens is 392 g/mol. The van der Waals surface area contributed by atoms with E-state index in [1.54, 1.807) is 14.2 Å². The Morgan fingerprint density at radius 2 is 2.13 bits per heavy atom. The lowest BCUT2D eigenvalue weighted by Crippen LogP contribution is -2.40. The van der Waals surface area contributed by atoms with Gasteiger partial charge < -0.3 is 18.9 Å². The summed E-state index contributed by atoms with van der Waals surface area (Å²) >= 11 is 0. The van der Waals surface area contributed by atoms with Crippen LogP contribution in [0.5, 0.6) is 5.75 Å². The number of imidazole rings is 1. The van der Waals surface area contributed by atoms with Crippen molar-refractivity contribution in [1.82, 2.24) is 19.4 Å². The highest BCUT2D eigenvalue weighted by Gasteiger charge is 2.57. The van der Waals surface area contributed by atoms with Crippen molar-refractivity contribution in [3.8, 4) is 5.75 Å². The van der Waals surface area contributed by atoms with Gasteiger partial charge in [-0.1, -0.05) is 12.1 Å². The molecule has 0 N–H and O–H groups in total. The third kappa shape index (κ3) is 4.21. The molecule has 0 saturated carbocycles. The summed E-state index contributed by atoms with van der Waals surface area (Å²) in [6.07, 6.45) is 4.90. The second kappa shape index (κ2) is 9.01. The molecule has 4 rings (SSSR count). The van der Waals surface area contributed by atoms with Gasteiger partial charge in [0, 0.05) is 58.0 Å². The van der Waals surface area contributed by atoms with E-state index < -0.39 is 5.41 Å². The molecule has 2 saturated heterocycles. The molecule has 2 aliphatic rings. The van der Waals surface area contributed by atoms with Crippen LogP contribution in [0.4, 0.5) is 0 Å². The van der Waals surface area contributed by atoms with Gasteiger partial charge in [0.2, 0.25) is 5.91 Å². The van der Waals surface area contributed by atoms with E-state index in [-0.39, 0.29) is 11.8 Å². The van der Waals surface area contributed by atoms with Crippen molar-refractivity contribution < 1.29 is 14.3 Å². The van der Waals surface area contributed by atoms with Crippen molar-refractivity contribution in [1.29, 1.82) is 0 Å². The van der Waals surface area contributed by atoms with Crippen LogP contribution in [0.3, 0.4) is 0 Å². The molecule has 168 valence electrons. The summed E-state index contributed by atoms with van der Waals surface area (Å²) in [6.45, 7) is 8.70. The molecule has 7 heteroatoms. The molecule has 1 amide bonds. The van der Waals surface area contributed by atoms with Gasteiger partial charge >= 0.3 is 0 Å². The van der Waals surface area contributed by atoms with Crippen LogP contribution in [-0.4, -0.2) is 72.3 Å². The van der Waals surface area contributed by atoms with Gasteiger partial charge in [0.25, 0.3) is 0 Å². The average molecular weight is 427 g/mol. The van der Waals surface area contributed by atoms with Gasteiger partial charge in [-0.2, -0.15) is 0 Å². The number of amides is 1. The van der Waals surface area contributed by atoms with Crippen LogP contribution in [-0.2, 0) is 16.1 Å². The summed E-state index contributed by atoms with van der Waals surface area (Å²) in [5, 5.41) is 0. The van der Waals surface area contributed by atoms with Gasteiger partial charge in [0.15, 0.2) is 0 Å². The van der Waals surface area contributed by atoms with Gasteiger partial charge in [-0.15, -0.1) is 0 Å². The van der Waals surface area contributed by atoms with Gasteiger partial charge in [-0.3, -0.25) is 9.69 Å². The molecular formula is C24H34N4O3. The molecule has 7 nitrogen and oxygen atoms in total. The Bertz CT molecular complexity index is 912. The number of carbonyl (C=O) groups excluding carboxylic acids is 1. The van der Waals surface area contributed by atoms with Gasteiger partial charge in [0.05, 0.1) is 31.2 Å². The molecule has 0 aliphatic carbocycles. The van der Waals surface area contributed by atoms with Crippen molar-refractivity contribution in [3.63, 3.8) is 0 Å². The largest absolute Gasteiger partial charge is 0.497 e. The van der Waals surface area contributed by atoms with E-state index in [2.05, 4.69) is 41.6 Å². The van der Waals surface area contributed by atoms with Crippen LogP contribution < -0.4 is 4.74 Å². The highest BCUT2D eigenvalue weighted by atomic mass is 16.5. The lowest BCUT2D eigenvalue weighted by Gasteiger charge is -2.28. The Kier molecular flexibility index (Phi) is 6.34. The Balaban J connectivity index is 1.61. The van der Waals surface area contributed by atoms with Crippen molar-refractivity contribution in [2.24, 2.45) is 5.41 Å².